The third kappa shape index (κ3) is 3.40. The molecule has 7 heteroatoms. The van der Waals surface area contributed by atoms with Crippen LogP contribution in [0.2, 0.25) is 5.02 Å². The first-order valence-electron chi connectivity index (χ1n) is 8.59. The van der Waals surface area contributed by atoms with Crippen LogP contribution in [0.15, 0.2) is 47.0 Å². The van der Waals surface area contributed by atoms with E-state index in [9.17, 15) is 4.79 Å². The van der Waals surface area contributed by atoms with Crippen LogP contribution < -0.4 is 9.64 Å². The van der Waals surface area contributed by atoms with Gasteiger partial charge in [0.2, 0.25) is 5.91 Å². The van der Waals surface area contributed by atoms with Gasteiger partial charge in [-0.05, 0) is 37.3 Å². The molecular weight excluding hydrogens is 366 g/mol. The lowest BCUT2D eigenvalue weighted by Crippen LogP contribution is -2.24. The van der Waals surface area contributed by atoms with Gasteiger partial charge < -0.3 is 14.2 Å². The molecule has 1 unspecified atom stereocenters. The van der Waals surface area contributed by atoms with E-state index >= 15 is 0 Å². The van der Waals surface area contributed by atoms with E-state index in [1.54, 1.807) is 30.2 Å². The normalized spacial score (nSPS) is 16.8. The van der Waals surface area contributed by atoms with E-state index in [1.807, 2.05) is 31.2 Å². The van der Waals surface area contributed by atoms with Crippen LogP contribution in [0.1, 0.15) is 23.7 Å². The zero-order valence-corrected chi connectivity index (χ0v) is 15.7. The minimum absolute atomic E-state index is 0.0549. The minimum atomic E-state index is -0.116. The maximum atomic E-state index is 12.5. The summed E-state index contributed by atoms with van der Waals surface area (Å²) in [6, 6.07) is 13.1. The topological polar surface area (TPSA) is 68.5 Å². The van der Waals surface area contributed by atoms with E-state index < -0.39 is 0 Å². The fourth-order valence-corrected chi connectivity index (χ4v) is 3.37. The number of hydrogen-bond acceptors (Lipinski definition) is 5. The Kier molecular flexibility index (Phi) is 4.58. The molecule has 2 heterocycles. The van der Waals surface area contributed by atoms with E-state index in [4.69, 9.17) is 20.9 Å². The molecule has 27 heavy (non-hydrogen) atoms. The summed E-state index contributed by atoms with van der Waals surface area (Å²) in [5.41, 5.74) is 2.71. The summed E-state index contributed by atoms with van der Waals surface area (Å²) in [5.74, 6) is 1.36. The summed E-state index contributed by atoms with van der Waals surface area (Å²) in [4.78, 5) is 18.7. The number of methoxy groups -OCH3 is 1. The molecule has 0 N–H and O–H groups in total. The lowest BCUT2D eigenvalue weighted by Gasteiger charge is -2.16. The second kappa shape index (κ2) is 7.04. The quantitative estimate of drug-likeness (QED) is 0.674. The molecule has 0 saturated carbocycles. The van der Waals surface area contributed by atoms with Crippen molar-refractivity contribution in [3.63, 3.8) is 0 Å². The lowest BCUT2D eigenvalue weighted by atomic mass is 10.1. The van der Waals surface area contributed by atoms with Crippen LogP contribution in [0.3, 0.4) is 0 Å². The summed E-state index contributed by atoms with van der Waals surface area (Å²) in [6.07, 6.45) is 0.352. The largest absolute Gasteiger partial charge is 0.496 e. The van der Waals surface area contributed by atoms with E-state index in [0.29, 0.717) is 41.0 Å². The van der Waals surface area contributed by atoms with Gasteiger partial charge in [-0.15, -0.1) is 0 Å². The number of carbonyl (C=O) groups is 1. The molecule has 138 valence electrons. The number of aryl methyl sites for hydroxylation is 1. The van der Waals surface area contributed by atoms with Crippen molar-refractivity contribution in [2.75, 3.05) is 18.6 Å². The first-order valence-corrected chi connectivity index (χ1v) is 8.97. The molecule has 3 aromatic rings. The molecular formula is C20H18ClN3O3. The molecule has 1 saturated heterocycles. The van der Waals surface area contributed by atoms with Crippen molar-refractivity contribution >= 4 is 23.2 Å². The lowest BCUT2D eigenvalue weighted by molar-refractivity contribution is -0.117. The van der Waals surface area contributed by atoms with Gasteiger partial charge in [-0.2, -0.15) is 4.98 Å². The zero-order valence-electron chi connectivity index (χ0n) is 15.0. The number of hydrogen-bond donors (Lipinski definition) is 0. The van der Waals surface area contributed by atoms with Gasteiger partial charge in [0.1, 0.15) is 5.75 Å². The Bertz CT molecular complexity index is 984. The number of amides is 1. The van der Waals surface area contributed by atoms with E-state index in [-0.39, 0.29) is 11.8 Å². The van der Waals surface area contributed by atoms with Crippen LogP contribution >= 0.6 is 11.6 Å². The molecule has 1 fully saturated rings. The van der Waals surface area contributed by atoms with Gasteiger partial charge in [-0.25, -0.2) is 0 Å². The Morgan fingerprint density at radius 1 is 1.22 bits per heavy atom. The monoisotopic (exact) mass is 383 g/mol. The Morgan fingerprint density at radius 2 is 2.00 bits per heavy atom. The van der Waals surface area contributed by atoms with Gasteiger partial charge in [0.15, 0.2) is 5.82 Å². The third-order valence-corrected chi connectivity index (χ3v) is 4.91. The number of carbonyl (C=O) groups excluding carboxylic acids is 1. The molecule has 1 aliphatic rings. The van der Waals surface area contributed by atoms with Crippen molar-refractivity contribution in [1.29, 1.82) is 0 Å². The third-order valence-electron chi connectivity index (χ3n) is 4.67. The van der Waals surface area contributed by atoms with Crippen LogP contribution in [0, 0.1) is 6.92 Å². The van der Waals surface area contributed by atoms with Crippen LogP contribution in [0.5, 0.6) is 5.75 Å². The average molecular weight is 384 g/mol. The smallest absolute Gasteiger partial charge is 0.261 e. The van der Waals surface area contributed by atoms with Crippen molar-refractivity contribution < 1.29 is 14.1 Å². The number of anilines is 1. The molecule has 0 aliphatic carbocycles. The van der Waals surface area contributed by atoms with Gasteiger partial charge in [-0.3, -0.25) is 4.79 Å². The Balaban J connectivity index is 1.57. The fourth-order valence-electron chi connectivity index (χ4n) is 3.21. The maximum Gasteiger partial charge on any atom is 0.261 e. The number of halogens is 1. The number of aromatic nitrogens is 2. The summed E-state index contributed by atoms with van der Waals surface area (Å²) in [6.45, 7) is 2.54. The summed E-state index contributed by atoms with van der Waals surface area (Å²) < 4.78 is 10.8. The summed E-state index contributed by atoms with van der Waals surface area (Å²) in [7, 11) is 1.56. The van der Waals surface area contributed by atoms with Gasteiger partial charge in [0.05, 0.1) is 12.7 Å². The number of benzene rings is 2. The Hall–Kier alpha value is -2.86. The summed E-state index contributed by atoms with van der Waals surface area (Å²) >= 11 is 6.00. The minimum Gasteiger partial charge on any atom is -0.496 e. The standard InChI is InChI=1S/C20H18ClN3O3/c1-12-3-6-15(7-4-12)24-11-13(9-18(24)25)19-22-20(27-23-19)16-8-5-14(21)10-17(16)26-2/h3-8,10,13H,9,11H2,1-2H3. The van der Waals surface area contributed by atoms with Crippen molar-refractivity contribution in [3.8, 4) is 17.2 Å². The van der Waals surface area contributed by atoms with Crippen molar-refractivity contribution in [3.05, 3.63) is 58.9 Å². The van der Waals surface area contributed by atoms with Gasteiger partial charge in [-0.1, -0.05) is 34.5 Å². The molecule has 0 spiro atoms. The Labute approximate surface area is 161 Å². The number of rotatable bonds is 4. The highest BCUT2D eigenvalue weighted by molar-refractivity contribution is 6.30. The second-order valence-corrected chi connectivity index (χ2v) is 6.98. The summed E-state index contributed by atoms with van der Waals surface area (Å²) in [5, 5.41) is 4.66. The highest BCUT2D eigenvalue weighted by Crippen LogP contribution is 2.34. The average Bonchev–Trinajstić information content (AvgIpc) is 3.29. The molecule has 0 radical (unpaired) electrons. The van der Waals surface area contributed by atoms with Crippen LogP contribution in [0.25, 0.3) is 11.5 Å². The molecule has 1 aromatic heterocycles. The Morgan fingerprint density at radius 3 is 2.74 bits per heavy atom. The molecule has 4 rings (SSSR count). The SMILES string of the molecule is COc1cc(Cl)ccc1-c1nc(C2CC(=O)N(c3ccc(C)cc3)C2)no1. The van der Waals surface area contributed by atoms with E-state index in [0.717, 1.165) is 11.3 Å². The highest BCUT2D eigenvalue weighted by Gasteiger charge is 2.34. The van der Waals surface area contributed by atoms with Crippen molar-refractivity contribution in [2.24, 2.45) is 0 Å². The predicted octanol–water partition coefficient (Wildman–Crippen LogP) is 4.23. The van der Waals surface area contributed by atoms with Crippen LogP contribution in [0.4, 0.5) is 5.69 Å². The van der Waals surface area contributed by atoms with E-state index in [2.05, 4.69) is 10.1 Å². The second-order valence-electron chi connectivity index (χ2n) is 6.54. The van der Waals surface area contributed by atoms with Crippen molar-refractivity contribution in [2.45, 2.75) is 19.3 Å². The predicted molar refractivity (Wildman–Crippen MR) is 102 cm³/mol. The number of ether oxygens (including phenoxy) is 1. The zero-order chi connectivity index (χ0) is 19.0. The highest BCUT2D eigenvalue weighted by atomic mass is 35.5. The molecule has 1 amide bonds. The van der Waals surface area contributed by atoms with Crippen molar-refractivity contribution in [1.82, 2.24) is 10.1 Å². The molecule has 2 aromatic carbocycles. The van der Waals surface area contributed by atoms with E-state index in [1.165, 1.54) is 0 Å². The van der Waals surface area contributed by atoms with Gasteiger partial charge in [0.25, 0.3) is 5.89 Å². The molecule has 6 nitrogen and oxygen atoms in total. The first-order chi connectivity index (χ1) is 13.0. The van der Waals surface area contributed by atoms with Gasteiger partial charge >= 0.3 is 0 Å². The van der Waals surface area contributed by atoms with Crippen LogP contribution in [-0.2, 0) is 4.79 Å². The molecule has 1 atom stereocenters. The molecule has 0 bridgehead atoms. The van der Waals surface area contributed by atoms with Gasteiger partial charge in [0, 0.05) is 29.6 Å². The fraction of sp³-hybridized carbons (Fsp3) is 0.250. The first kappa shape index (κ1) is 17.5. The molecule has 1 aliphatic heterocycles. The number of nitrogens with zero attached hydrogens (tertiary/aromatic N) is 3. The maximum absolute atomic E-state index is 12.5. The van der Waals surface area contributed by atoms with Crippen LogP contribution in [-0.4, -0.2) is 29.7 Å².